The second-order valence-electron chi connectivity index (χ2n) is 3.80. The summed E-state index contributed by atoms with van der Waals surface area (Å²) in [6, 6.07) is 0. The fraction of sp³-hybridized carbons (Fsp3) is 0.727. The van der Waals surface area contributed by atoms with Crippen molar-refractivity contribution in [3.05, 3.63) is 12.2 Å². The van der Waals surface area contributed by atoms with Crippen LogP contribution in [0.3, 0.4) is 0 Å². The fourth-order valence-electron chi connectivity index (χ4n) is 0.984. The van der Waals surface area contributed by atoms with E-state index in [4.69, 9.17) is 19.7 Å². The molecule has 0 aromatic heterocycles. The summed E-state index contributed by atoms with van der Waals surface area (Å²) < 4.78 is 9.65. The van der Waals surface area contributed by atoms with Crippen LogP contribution in [0.25, 0.3) is 0 Å². The smallest absolute Gasteiger partial charge is 0.333 e. The lowest BCUT2D eigenvalue weighted by atomic mass is 10.1. The summed E-state index contributed by atoms with van der Waals surface area (Å²) in [6.45, 7) is 4.04. The number of carbonyl (C=O) groups excluding carboxylic acids is 1. The number of esters is 1. The molecule has 0 aromatic rings. The van der Waals surface area contributed by atoms with E-state index in [0.717, 1.165) is 0 Å². The number of carbonyl (C=O) groups is 1. The first-order valence-corrected chi connectivity index (χ1v) is 5.45. The van der Waals surface area contributed by atoms with Crippen LogP contribution in [0.15, 0.2) is 12.2 Å². The summed E-state index contributed by atoms with van der Waals surface area (Å²) in [7, 11) is 0. The molecule has 3 atom stereocenters. The molecule has 0 bridgehead atoms. The second-order valence-corrected chi connectivity index (χ2v) is 3.80. The Morgan fingerprint density at radius 1 is 1.22 bits per heavy atom. The minimum atomic E-state index is -1.49. The monoisotopic (exact) mass is 264 g/mol. The van der Waals surface area contributed by atoms with Gasteiger partial charge in [0.1, 0.15) is 24.9 Å². The third-order valence-electron chi connectivity index (χ3n) is 2.07. The van der Waals surface area contributed by atoms with Crippen LogP contribution in [0.1, 0.15) is 6.92 Å². The number of aliphatic hydroxyl groups is 4. The maximum atomic E-state index is 10.9. The van der Waals surface area contributed by atoms with E-state index in [1.165, 1.54) is 6.92 Å². The van der Waals surface area contributed by atoms with E-state index in [1.54, 1.807) is 0 Å². The van der Waals surface area contributed by atoms with Gasteiger partial charge >= 0.3 is 5.97 Å². The molecule has 0 aliphatic carbocycles. The highest BCUT2D eigenvalue weighted by molar-refractivity contribution is 5.86. The number of hydrogen-bond donors (Lipinski definition) is 4. The molecule has 0 saturated carbocycles. The molecular formula is C11H20O7. The Labute approximate surface area is 105 Å². The molecular weight excluding hydrogens is 244 g/mol. The van der Waals surface area contributed by atoms with Gasteiger partial charge in [-0.1, -0.05) is 6.58 Å². The van der Waals surface area contributed by atoms with E-state index in [9.17, 15) is 15.0 Å². The molecule has 0 heterocycles. The van der Waals surface area contributed by atoms with Gasteiger partial charge in [0.05, 0.1) is 19.8 Å². The van der Waals surface area contributed by atoms with Gasteiger partial charge in [-0.15, -0.1) is 0 Å². The first-order chi connectivity index (χ1) is 8.40. The summed E-state index contributed by atoms with van der Waals surface area (Å²) in [4.78, 5) is 10.9. The lowest BCUT2D eigenvalue weighted by Crippen LogP contribution is -2.42. The van der Waals surface area contributed by atoms with Gasteiger partial charge in [-0.25, -0.2) is 4.79 Å². The summed E-state index contributed by atoms with van der Waals surface area (Å²) in [5.41, 5.74) is 0.275. The molecule has 0 fully saturated rings. The molecule has 3 unspecified atom stereocenters. The highest BCUT2D eigenvalue weighted by atomic mass is 16.6. The van der Waals surface area contributed by atoms with Crippen LogP contribution in [-0.4, -0.2) is 71.1 Å². The van der Waals surface area contributed by atoms with E-state index in [1.807, 2.05) is 0 Å². The topological polar surface area (TPSA) is 116 Å². The average Bonchev–Trinajstić information content (AvgIpc) is 2.35. The van der Waals surface area contributed by atoms with Gasteiger partial charge in [0.25, 0.3) is 0 Å². The van der Waals surface area contributed by atoms with Crippen molar-refractivity contribution in [3.8, 4) is 0 Å². The molecule has 0 rings (SSSR count). The van der Waals surface area contributed by atoms with Crippen molar-refractivity contribution in [2.45, 2.75) is 25.2 Å². The molecule has 0 aromatic carbocycles. The number of ether oxygens (including phenoxy) is 2. The van der Waals surface area contributed by atoms with Crippen LogP contribution in [0, 0.1) is 0 Å². The van der Waals surface area contributed by atoms with Crippen LogP contribution >= 0.6 is 0 Å². The normalized spacial score (nSPS) is 15.8. The van der Waals surface area contributed by atoms with Gasteiger partial charge in [0, 0.05) is 5.57 Å². The lowest BCUT2D eigenvalue weighted by Gasteiger charge is -2.21. The summed E-state index contributed by atoms with van der Waals surface area (Å²) in [5.74, 6) is -0.533. The van der Waals surface area contributed by atoms with Crippen LogP contribution in [-0.2, 0) is 14.3 Å². The van der Waals surface area contributed by atoms with Crippen LogP contribution in [0.5, 0.6) is 0 Å². The average molecular weight is 264 g/mol. The van der Waals surface area contributed by atoms with Crippen molar-refractivity contribution in [2.24, 2.45) is 0 Å². The van der Waals surface area contributed by atoms with E-state index >= 15 is 0 Å². The van der Waals surface area contributed by atoms with Crippen LogP contribution in [0.4, 0.5) is 0 Å². The quantitative estimate of drug-likeness (QED) is 0.220. The van der Waals surface area contributed by atoms with Gasteiger partial charge in [0.2, 0.25) is 0 Å². The Hall–Kier alpha value is -0.990. The van der Waals surface area contributed by atoms with E-state index in [0.29, 0.717) is 0 Å². The Morgan fingerprint density at radius 2 is 1.83 bits per heavy atom. The van der Waals surface area contributed by atoms with Crippen molar-refractivity contribution in [2.75, 3.05) is 26.4 Å². The molecule has 4 N–H and O–H groups in total. The maximum Gasteiger partial charge on any atom is 0.333 e. The predicted octanol–water partition coefficient (Wildman–Crippen LogP) is -1.80. The molecule has 18 heavy (non-hydrogen) atoms. The zero-order valence-corrected chi connectivity index (χ0v) is 10.3. The molecule has 7 heteroatoms. The first kappa shape index (κ1) is 17.0. The lowest BCUT2D eigenvalue weighted by molar-refractivity contribution is -0.141. The van der Waals surface area contributed by atoms with Gasteiger partial charge < -0.3 is 29.9 Å². The summed E-state index contributed by atoms with van der Waals surface area (Å²) in [5, 5.41) is 36.2. The zero-order valence-electron chi connectivity index (χ0n) is 10.3. The highest BCUT2D eigenvalue weighted by Gasteiger charge is 2.23. The van der Waals surface area contributed by atoms with Gasteiger partial charge in [-0.2, -0.15) is 0 Å². The van der Waals surface area contributed by atoms with Crippen molar-refractivity contribution in [3.63, 3.8) is 0 Å². The van der Waals surface area contributed by atoms with E-state index in [2.05, 4.69) is 6.58 Å². The number of rotatable bonds is 9. The SMILES string of the molecule is C=C(C)C(=O)OCCOCC(O)C(O)C(O)CO. The third kappa shape index (κ3) is 6.67. The Balaban J connectivity index is 3.66. The van der Waals surface area contributed by atoms with Crippen LogP contribution in [0.2, 0.25) is 0 Å². The first-order valence-electron chi connectivity index (χ1n) is 5.45. The maximum absolute atomic E-state index is 10.9. The minimum absolute atomic E-state index is 0.00291. The van der Waals surface area contributed by atoms with E-state index < -0.39 is 30.9 Å². The van der Waals surface area contributed by atoms with Crippen molar-refractivity contribution in [1.82, 2.24) is 0 Å². The second kappa shape index (κ2) is 9.01. The van der Waals surface area contributed by atoms with Crippen molar-refractivity contribution < 1.29 is 34.7 Å². The molecule has 0 spiro atoms. The summed E-state index contributed by atoms with van der Waals surface area (Å²) in [6.07, 6.45) is -4.25. The van der Waals surface area contributed by atoms with Crippen molar-refractivity contribution >= 4 is 5.97 Å². The number of aliphatic hydroxyl groups excluding tert-OH is 4. The Morgan fingerprint density at radius 3 is 2.33 bits per heavy atom. The number of hydrogen-bond acceptors (Lipinski definition) is 7. The minimum Gasteiger partial charge on any atom is -0.460 e. The third-order valence-corrected chi connectivity index (χ3v) is 2.07. The zero-order chi connectivity index (χ0) is 14.1. The molecule has 0 aliphatic rings. The standard InChI is InChI=1S/C11H20O7/c1-7(2)11(16)18-4-3-17-6-9(14)10(15)8(13)5-12/h8-10,12-15H,1,3-6H2,2H3. The Kier molecular flexibility index (Phi) is 8.51. The molecule has 0 aliphatic heterocycles. The molecule has 0 amide bonds. The summed E-state index contributed by atoms with van der Waals surface area (Å²) >= 11 is 0. The van der Waals surface area contributed by atoms with E-state index in [-0.39, 0.29) is 25.4 Å². The predicted molar refractivity (Wildman–Crippen MR) is 61.7 cm³/mol. The molecule has 0 radical (unpaired) electrons. The molecule has 106 valence electrons. The van der Waals surface area contributed by atoms with Gasteiger partial charge in [-0.3, -0.25) is 0 Å². The largest absolute Gasteiger partial charge is 0.460 e. The Bertz CT molecular complexity index is 266. The van der Waals surface area contributed by atoms with Gasteiger partial charge in [0.15, 0.2) is 0 Å². The highest BCUT2D eigenvalue weighted by Crippen LogP contribution is 2.00. The van der Waals surface area contributed by atoms with Crippen LogP contribution < -0.4 is 0 Å². The molecule has 7 nitrogen and oxygen atoms in total. The molecule has 0 saturated heterocycles. The van der Waals surface area contributed by atoms with Crippen molar-refractivity contribution in [1.29, 1.82) is 0 Å². The van der Waals surface area contributed by atoms with Gasteiger partial charge in [-0.05, 0) is 6.92 Å². The fourth-order valence-corrected chi connectivity index (χ4v) is 0.984.